The minimum Gasteiger partial charge on any atom is -0.497 e. The third-order valence-electron chi connectivity index (χ3n) is 3.21. The van der Waals surface area contributed by atoms with E-state index in [9.17, 15) is 14.5 Å². The Kier molecular flexibility index (Phi) is 3.76. The molecular formula is C16H11FN2O4. The van der Waals surface area contributed by atoms with E-state index in [1.54, 1.807) is 18.2 Å². The number of hydrogen-bond acceptors (Lipinski definition) is 5. The molecule has 0 fully saturated rings. The molecule has 0 saturated carbocycles. The van der Waals surface area contributed by atoms with Crippen LogP contribution in [0, 0.1) is 15.9 Å². The van der Waals surface area contributed by atoms with Crippen LogP contribution in [0.2, 0.25) is 0 Å². The summed E-state index contributed by atoms with van der Waals surface area (Å²) in [4.78, 5) is 14.2. The molecule has 0 unspecified atom stereocenters. The Morgan fingerprint density at radius 3 is 2.43 bits per heavy atom. The van der Waals surface area contributed by atoms with E-state index in [2.05, 4.69) is 4.98 Å². The molecule has 0 aliphatic rings. The van der Waals surface area contributed by atoms with Gasteiger partial charge in [0.2, 0.25) is 0 Å². The van der Waals surface area contributed by atoms with E-state index in [0.717, 1.165) is 0 Å². The number of fused-ring (bicyclic) bond motifs is 1. The van der Waals surface area contributed by atoms with Crippen molar-refractivity contribution in [1.82, 2.24) is 4.98 Å². The topological polar surface area (TPSA) is 74.5 Å². The number of nitro benzene ring substituents is 1. The van der Waals surface area contributed by atoms with Crippen LogP contribution >= 0.6 is 0 Å². The number of rotatable bonds is 4. The average Bonchev–Trinajstić information content (AvgIpc) is 2.55. The second-order valence-electron chi connectivity index (χ2n) is 4.69. The molecule has 0 spiro atoms. The van der Waals surface area contributed by atoms with Crippen LogP contribution in [0.3, 0.4) is 0 Å². The smallest absolute Gasteiger partial charge is 0.269 e. The normalized spacial score (nSPS) is 10.5. The van der Waals surface area contributed by atoms with Crippen LogP contribution in [0.5, 0.6) is 17.4 Å². The van der Waals surface area contributed by atoms with Crippen LogP contribution in [-0.2, 0) is 0 Å². The van der Waals surface area contributed by atoms with E-state index < -0.39 is 10.7 Å². The molecule has 1 aromatic heterocycles. The fourth-order valence-corrected chi connectivity index (χ4v) is 2.06. The molecule has 23 heavy (non-hydrogen) atoms. The SMILES string of the molecule is COc1ccc2nc(Oc3ccc([N+](=O)[O-])cc3)c(F)cc2c1. The van der Waals surface area contributed by atoms with Gasteiger partial charge in [0.25, 0.3) is 11.6 Å². The van der Waals surface area contributed by atoms with Gasteiger partial charge in [-0.15, -0.1) is 0 Å². The van der Waals surface area contributed by atoms with Gasteiger partial charge in [-0.2, -0.15) is 0 Å². The number of methoxy groups -OCH3 is 1. The quantitative estimate of drug-likeness (QED) is 0.536. The van der Waals surface area contributed by atoms with Crippen LogP contribution in [0.15, 0.2) is 48.5 Å². The Morgan fingerprint density at radius 1 is 1.09 bits per heavy atom. The molecule has 6 nitrogen and oxygen atoms in total. The summed E-state index contributed by atoms with van der Waals surface area (Å²) in [7, 11) is 1.52. The molecule has 3 rings (SSSR count). The number of benzene rings is 2. The number of non-ortho nitro benzene ring substituents is 1. The van der Waals surface area contributed by atoms with Crippen molar-refractivity contribution in [1.29, 1.82) is 0 Å². The van der Waals surface area contributed by atoms with Crippen LogP contribution in [0.4, 0.5) is 10.1 Å². The molecule has 0 N–H and O–H groups in total. The van der Waals surface area contributed by atoms with Crippen molar-refractivity contribution < 1.29 is 18.8 Å². The zero-order chi connectivity index (χ0) is 16.4. The molecule has 0 radical (unpaired) electrons. The second-order valence-corrected chi connectivity index (χ2v) is 4.69. The summed E-state index contributed by atoms with van der Waals surface area (Å²) >= 11 is 0. The molecule has 0 bridgehead atoms. The summed E-state index contributed by atoms with van der Waals surface area (Å²) in [5, 5.41) is 11.2. The molecule has 1 heterocycles. The Hall–Kier alpha value is -3.22. The number of ether oxygens (including phenoxy) is 2. The van der Waals surface area contributed by atoms with Gasteiger partial charge in [0, 0.05) is 17.5 Å². The molecular weight excluding hydrogens is 303 g/mol. The van der Waals surface area contributed by atoms with Crippen molar-refractivity contribution in [3.8, 4) is 17.4 Å². The molecule has 0 atom stereocenters. The van der Waals surface area contributed by atoms with E-state index >= 15 is 0 Å². The standard InChI is InChI=1S/C16H11FN2O4/c1-22-13-6-7-15-10(8-13)9-14(17)16(18-15)23-12-4-2-11(3-5-12)19(20)21/h2-9H,1H3. The molecule has 0 saturated heterocycles. The lowest BCUT2D eigenvalue weighted by molar-refractivity contribution is -0.384. The van der Waals surface area contributed by atoms with Gasteiger partial charge in [0.15, 0.2) is 5.82 Å². The van der Waals surface area contributed by atoms with Gasteiger partial charge in [0.1, 0.15) is 11.5 Å². The van der Waals surface area contributed by atoms with E-state index in [-0.39, 0.29) is 17.3 Å². The first-order valence-corrected chi connectivity index (χ1v) is 6.63. The monoisotopic (exact) mass is 314 g/mol. The van der Waals surface area contributed by atoms with Crippen molar-refractivity contribution in [2.75, 3.05) is 7.11 Å². The van der Waals surface area contributed by atoms with Crippen molar-refractivity contribution in [3.05, 3.63) is 64.5 Å². The van der Waals surface area contributed by atoms with Crippen LogP contribution in [-0.4, -0.2) is 17.0 Å². The highest BCUT2D eigenvalue weighted by molar-refractivity contribution is 5.80. The van der Waals surface area contributed by atoms with Crippen molar-refractivity contribution >= 4 is 16.6 Å². The minimum absolute atomic E-state index is 0.0728. The van der Waals surface area contributed by atoms with Crippen molar-refractivity contribution in [3.63, 3.8) is 0 Å². The number of hydrogen-bond donors (Lipinski definition) is 0. The number of halogens is 1. The highest BCUT2D eigenvalue weighted by Gasteiger charge is 2.11. The maximum Gasteiger partial charge on any atom is 0.269 e. The largest absolute Gasteiger partial charge is 0.497 e. The maximum atomic E-state index is 14.1. The summed E-state index contributed by atoms with van der Waals surface area (Å²) in [5.74, 6) is 0.0261. The molecule has 0 aliphatic carbocycles. The van der Waals surface area contributed by atoms with E-state index in [4.69, 9.17) is 9.47 Å². The van der Waals surface area contributed by atoms with Gasteiger partial charge in [-0.1, -0.05) is 0 Å². The zero-order valence-corrected chi connectivity index (χ0v) is 12.0. The van der Waals surface area contributed by atoms with Gasteiger partial charge in [-0.05, 0) is 36.4 Å². The first-order valence-electron chi connectivity index (χ1n) is 6.63. The third kappa shape index (κ3) is 3.03. The summed E-state index contributed by atoms with van der Waals surface area (Å²) in [6.45, 7) is 0. The van der Waals surface area contributed by atoms with E-state index in [1.165, 1.54) is 37.4 Å². The number of aromatic nitrogens is 1. The fourth-order valence-electron chi connectivity index (χ4n) is 2.06. The van der Waals surface area contributed by atoms with Gasteiger partial charge in [0.05, 0.1) is 17.5 Å². The Bertz CT molecular complexity index is 881. The summed E-state index contributed by atoms with van der Waals surface area (Å²) in [6.07, 6.45) is 0. The average molecular weight is 314 g/mol. The molecule has 0 amide bonds. The van der Waals surface area contributed by atoms with Crippen molar-refractivity contribution in [2.24, 2.45) is 0 Å². The van der Waals surface area contributed by atoms with Crippen LogP contribution in [0.1, 0.15) is 0 Å². The van der Waals surface area contributed by atoms with Gasteiger partial charge in [-0.3, -0.25) is 10.1 Å². The summed E-state index contributed by atoms with van der Waals surface area (Å²) in [6, 6.07) is 11.7. The number of nitrogens with zero attached hydrogens (tertiary/aromatic N) is 2. The highest BCUT2D eigenvalue weighted by atomic mass is 19.1. The molecule has 2 aromatic carbocycles. The number of nitro groups is 1. The second kappa shape index (κ2) is 5.88. The fraction of sp³-hybridized carbons (Fsp3) is 0.0625. The lowest BCUT2D eigenvalue weighted by atomic mass is 10.2. The first-order chi connectivity index (χ1) is 11.1. The maximum absolute atomic E-state index is 14.1. The Labute approximate surface area is 130 Å². The molecule has 0 aliphatic heterocycles. The van der Waals surface area contributed by atoms with Crippen LogP contribution in [0.25, 0.3) is 10.9 Å². The lowest BCUT2D eigenvalue weighted by Crippen LogP contribution is -1.94. The molecule has 7 heteroatoms. The van der Waals surface area contributed by atoms with Gasteiger partial charge >= 0.3 is 0 Å². The zero-order valence-electron chi connectivity index (χ0n) is 12.0. The van der Waals surface area contributed by atoms with E-state index in [0.29, 0.717) is 16.7 Å². The first kappa shape index (κ1) is 14.7. The van der Waals surface area contributed by atoms with Crippen LogP contribution < -0.4 is 9.47 Å². The minimum atomic E-state index is -0.635. The summed E-state index contributed by atoms with van der Waals surface area (Å²) in [5.41, 5.74) is 0.473. The van der Waals surface area contributed by atoms with Gasteiger partial charge < -0.3 is 9.47 Å². The van der Waals surface area contributed by atoms with E-state index in [1.807, 2.05) is 0 Å². The Morgan fingerprint density at radius 2 is 1.78 bits per heavy atom. The Balaban J connectivity index is 1.93. The summed E-state index contributed by atoms with van der Waals surface area (Å²) < 4.78 is 24.6. The molecule has 116 valence electrons. The predicted molar refractivity (Wildman–Crippen MR) is 81.4 cm³/mol. The third-order valence-corrected chi connectivity index (χ3v) is 3.21. The van der Waals surface area contributed by atoms with Crippen molar-refractivity contribution in [2.45, 2.75) is 0 Å². The molecule has 3 aromatic rings. The van der Waals surface area contributed by atoms with Gasteiger partial charge in [-0.25, -0.2) is 9.37 Å². The number of pyridine rings is 1. The highest BCUT2D eigenvalue weighted by Crippen LogP contribution is 2.28. The lowest BCUT2D eigenvalue weighted by Gasteiger charge is -2.08. The predicted octanol–water partition coefficient (Wildman–Crippen LogP) is 4.08.